The molecule has 2 aromatic rings. The summed E-state index contributed by atoms with van der Waals surface area (Å²) in [5.74, 6) is -0.734. The van der Waals surface area contributed by atoms with Crippen molar-refractivity contribution in [3.05, 3.63) is 57.6 Å². The van der Waals surface area contributed by atoms with E-state index in [0.29, 0.717) is 0 Å². The van der Waals surface area contributed by atoms with Gasteiger partial charge in [-0.15, -0.1) is 0 Å². The van der Waals surface area contributed by atoms with Crippen LogP contribution in [0.1, 0.15) is 15.9 Å². The average Bonchev–Trinajstić information content (AvgIpc) is 2.82. The van der Waals surface area contributed by atoms with Crippen LogP contribution >= 0.6 is 23.2 Å². The second-order valence-electron chi connectivity index (χ2n) is 7.21. The monoisotopic (exact) mass is 502 g/mol. The van der Waals surface area contributed by atoms with Crippen LogP contribution in [0.4, 0.5) is 0 Å². The van der Waals surface area contributed by atoms with E-state index >= 15 is 0 Å². The van der Waals surface area contributed by atoms with Crippen molar-refractivity contribution in [3.63, 3.8) is 0 Å². The molecule has 5 atom stereocenters. The highest BCUT2D eigenvalue weighted by atomic mass is 35.5. The standard InChI is InChI=1S/C22H24Cl2O9/c1-29-19-12(8-13(23)20(15(19)24)31-9-11-6-4-3-5-7-11)21(28)32-10-14-16(25)17(26)18(27)22(30-2)33-14/h3-8,14,16-18,22,25-27H,9-10H2,1-2H3/t14-,16-,17+,18-,22-/m1/s1. The number of hydrogen-bond donors (Lipinski definition) is 3. The van der Waals surface area contributed by atoms with E-state index < -0.39 is 43.3 Å². The highest BCUT2D eigenvalue weighted by molar-refractivity contribution is 6.38. The average molecular weight is 503 g/mol. The van der Waals surface area contributed by atoms with Crippen LogP contribution in [0.5, 0.6) is 11.5 Å². The summed E-state index contributed by atoms with van der Waals surface area (Å²) in [7, 11) is 2.58. The highest BCUT2D eigenvalue weighted by Crippen LogP contribution is 2.43. The van der Waals surface area contributed by atoms with Crippen LogP contribution in [0.15, 0.2) is 36.4 Å². The summed E-state index contributed by atoms with van der Waals surface area (Å²) < 4.78 is 26.5. The Kier molecular flexibility index (Phi) is 8.77. The maximum Gasteiger partial charge on any atom is 0.342 e. The van der Waals surface area contributed by atoms with Crippen molar-refractivity contribution in [3.8, 4) is 11.5 Å². The largest absolute Gasteiger partial charge is 0.494 e. The van der Waals surface area contributed by atoms with E-state index in [2.05, 4.69) is 0 Å². The number of carbonyl (C=O) groups excluding carboxylic acids is 1. The van der Waals surface area contributed by atoms with Crippen molar-refractivity contribution < 1.29 is 43.8 Å². The van der Waals surface area contributed by atoms with Gasteiger partial charge in [0.15, 0.2) is 17.8 Å². The Balaban J connectivity index is 1.73. The fourth-order valence-electron chi connectivity index (χ4n) is 3.28. The molecule has 0 bridgehead atoms. The quantitative estimate of drug-likeness (QED) is 0.465. The maximum absolute atomic E-state index is 12.7. The van der Waals surface area contributed by atoms with Crippen LogP contribution in [-0.2, 0) is 20.8 Å². The fraction of sp³-hybridized carbons (Fsp3) is 0.409. The molecule has 0 saturated carbocycles. The zero-order valence-electron chi connectivity index (χ0n) is 17.8. The minimum absolute atomic E-state index is 0.00976. The molecule has 0 aliphatic carbocycles. The summed E-state index contributed by atoms with van der Waals surface area (Å²) in [5, 5.41) is 29.9. The van der Waals surface area contributed by atoms with Crippen molar-refractivity contribution >= 4 is 29.2 Å². The molecule has 3 N–H and O–H groups in total. The van der Waals surface area contributed by atoms with E-state index in [9.17, 15) is 20.1 Å². The third-order valence-electron chi connectivity index (χ3n) is 5.06. The Bertz CT molecular complexity index is 955. The normalized spacial score (nSPS) is 24.9. The minimum atomic E-state index is -1.55. The highest BCUT2D eigenvalue weighted by Gasteiger charge is 2.44. The molecular weight excluding hydrogens is 479 g/mol. The SMILES string of the molecule is COc1c(C(=O)OC[C@H]2O[C@@H](OC)[C@H](O)[C@@H](O)[C@@H]2O)cc(Cl)c(OCc2ccccc2)c1Cl. The third-order valence-corrected chi connectivity index (χ3v) is 5.68. The number of aliphatic hydroxyl groups is 3. The zero-order valence-corrected chi connectivity index (χ0v) is 19.3. The molecule has 180 valence electrons. The summed E-state index contributed by atoms with van der Waals surface area (Å²) in [4.78, 5) is 12.7. The Labute approximate surface area is 200 Å². The predicted octanol–water partition coefficient (Wildman–Crippen LogP) is 2.19. The summed E-state index contributed by atoms with van der Waals surface area (Å²) in [5.41, 5.74) is 0.813. The molecule has 11 heteroatoms. The number of esters is 1. The Morgan fingerprint density at radius 1 is 1.03 bits per heavy atom. The van der Waals surface area contributed by atoms with Crippen molar-refractivity contribution in [1.29, 1.82) is 0 Å². The van der Waals surface area contributed by atoms with E-state index in [1.165, 1.54) is 20.3 Å². The summed E-state index contributed by atoms with van der Waals surface area (Å²) in [6.45, 7) is -0.257. The third kappa shape index (κ3) is 5.70. The number of halogens is 2. The molecule has 1 fully saturated rings. The molecule has 0 spiro atoms. The van der Waals surface area contributed by atoms with E-state index in [0.717, 1.165) is 5.56 Å². The molecule has 33 heavy (non-hydrogen) atoms. The number of benzene rings is 2. The first kappa shape index (κ1) is 25.5. The van der Waals surface area contributed by atoms with Crippen molar-refractivity contribution in [1.82, 2.24) is 0 Å². The van der Waals surface area contributed by atoms with Gasteiger partial charge in [0.1, 0.15) is 48.2 Å². The molecule has 1 saturated heterocycles. The lowest BCUT2D eigenvalue weighted by Crippen LogP contribution is -2.59. The number of aliphatic hydroxyl groups excluding tert-OH is 3. The number of carbonyl (C=O) groups is 1. The Morgan fingerprint density at radius 2 is 1.73 bits per heavy atom. The predicted molar refractivity (Wildman–Crippen MR) is 118 cm³/mol. The summed E-state index contributed by atoms with van der Waals surface area (Å²) in [6.07, 6.45) is -6.87. The van der Waals surface area contributed by atoms with E-state index in [1.807, 2.05) is 30.3 Å². The van der Waals surface area contributed by atoms with Gasteiger partial charge in [-0.2, -0.15) is 0 Å². The van der Waals surface area contributed by atoms with Gasteiger partial charge in [0.2, 0.25) is 0 Å². The molecule has 1 aliphatic heterocycles. The second-order valence-corrected chi connectivity index (χ2v) is 7.99. The van der Waals surface area contributed by atoms with Gasteiger partial charge < -0.3 is 39.0 Å². The molecule has 1 aliphatic rings. The van der Waals surface area contributed by atoms with Crippen LogP contribution in [0.25, 0.3) is 0 Å². The van der Waals surface area contributed by atoms with Crippen molar-refractivity contribution in [2.24, 2.45) is 0 Å². The van der Waals surface area contributed by atoms with E-state index in [4.69, 9.17) is 46.9 Å². The van der Waals surface area contributed by atoms with Crippen LogP contribution < -0.4 is 9.47 Å². The van der Waals surface area contributed by atoms with Gasteiger partial charge in [-0.3, -0.25) is 0 Å². The summed E-state index contributed by atoms with van der Waals surface area (Å²) >= 11 is 12.7. The summed E-state index contributed by atoms with van der Waals surface area (Å²) in [6, 6.07) is 10.6. The molecule has 0 radical (unpaired) electrons. The van der Waals surface area contributed by atoms with Crippen LogP contribution in [0.3, 0.4) is 0 Å². The smallest absolute Gasteiger partial charge is 0.342 e. The van der Waals surface area contributed by atoms with Crippen LogP contribution in [-0.4, -0.2) is 72.8 Å². The van der Waals surface area contributed by atoms with Gasteiger partial charge >= 0.3 is 5.97 Å². The topological polar surface area (TPSA) is 124 Å². The molecular formula is C22H24Cl2O9. The molecule has 9 nitrogen and oxygen atoms in total. The van der Waals surface area contributed by atoms with Gasteiger partial charge in [-0.1, -0.05) is 53.5 Å². The van der Waals surface area contributed by atoms with Crippen molar-refractivity contribution in [2.45, 2.75) is 37.3 Å². The number of methoxy groups -OCH3 is 2. The van der Waals surface area contributed by atoms with Crippen LogP contribution in [0.2, 0.25) is 10.0 Å². The molecule has 0 unspecified atom stereocenters. The van der Waals surface area contributed by atoms with Crippen LogP contribution in [0, 0.1) is 0 Å². The van der Waals surface area contributed by atoms with E-state index in [1.54, 1.807) is 0 Å². The lowest BCUT2D eigenvalue weighted by atomic mass is 9.99. The zero-order chi connectivity index (χ0) is 24.1. The first-order chi connectivity index (χ1) is 15.8. The lowest BCUT2D eigenvalue weighted by Gasteiger charge is -2.39. The molecule has 3 rings (SSSR count). The molecule has 2 aromatic carbocycles. The number of rotatable bonds is 8. The Hall–Kier alpha value is -2.11. The second kappa shape index (κ2) is 11.3. The maximum atomic E-state index is 12.7. The number of ether oxygens (including phenoxy) is 5. The first-order valence-corrected chi connectivity index (χ1v) is 10.7. The number of hydrogen-bond acceptors (Lipinski definition) is 9. The van der Waals surface area contributed by atoms with Gasteiger partial charge in [0.25, 0.3) is 0 Å². The first-order valence-electron chi connectivity index (χ1n) is 9.90. The van der Waals surface area contributed by atoms with Gasteiger partial charge in [0, 0.05) is 7.11 Å². The Morgan fingerprint density at radius 3 is 2.36 bits per heavy atom. The van der Waals surface area contributed by atoms with Crippen molar-refractivity contribution in [2.75, 3.05) is 20.8 Å². The van der Waals surface area contributed by atoms with Gasteiger partial charge in [0.05, 0.1) is 12.1 Å². The minimum Gasteiger partial charge on any atom is -0.494 e. The molecule has 0 aromatic heterocycles. The van der Waals surface area contributed by atoms with Gasteiger partial charge in [-0.05, 0) is 11.6 Å². The van der Waals surface area contributed by atoms with E-state index in [-0.39, 0.29) is 33.7 Å². The van der Waals surface area contributed by atoms with Gasteiger partial charge in [-0.25, -0.2) is 4.79 Å². The molecule has 1 heterocycles. The fourth-order valence-corrected chi connectivity index (χ4v) is 3.92. The molecule has 0 amide bonds. The lowest BCUT2D eigenvalue weighted by molar-refractivity contribution is -0.294.